The second-order valence-corrected chi connectivity index (χ2v) is 16.3. The van der Waals surface area contributed by atoms with Gasteiger partial charge in [0, 0.05) is 19.4 Å². The number of carbonyl (C=O) groups excluding carboxylic acids is 2. The third-order valence-electron chi connectivity index (χ3n) is 10.5. The summed E-state index contributed by atoms with van der Waals surface area (Å²) in [4.78, 5) is 25.3. The number of ether oxygens (including phenoxy) is 3. The van der Waals surface area contributed by atoms with E-state index < -0.39 is 6.10 Å². The van der Waals surface area contributed by atoms with Gasteiger partial charge in [-0.25, -0.2) is 0 Å². The molecule has 0 aliphatic heterocycles. The molecular weight excluding hydrogens is 717 g/mol. The predicted molar refractivity (Wildman–Crippen MR) is 251 cm³/mol. The molecule has 0 aliphatic carbocycles. The Morgan fingerprint density at radius 1 is 0.397 bits per heavy atom. The van der Waals surface area contributed by atoms with E-state index in [-0.39, 0.29) is 25.2 Å². The van der Waals surface area contributed by atoms with Crippen LogP contribution in [0.1, 0.15) is 239 Å². The van der Waals surface area contributed by atoms with Crippen LogP contribution in [0.2, 0.25) is 0 Å². The lowest BCUT2D eigenvalue weighted by Crippen LogP contribution is -2.30. The molecule has 0 fully saturated rings. The summed E-state index contributed by atoms with van der Waals surface area (Å²) in [7, 11) is 0. The van der Waals surface area contributed by atoms with Gasteiger partial charge in [-0.1, -0.05) is 210 Å². The molecule has 0 radical (unpaired) electrons. The number of rotatable bonds is 45. The van der Waals surface area contributed by atoms with Crippen LogP contribution in [-0.4, -0.2) is 37.9 Å². The second kappa shape index (κ2) is 49.0. The minimum Gasteiger partial charge on any atom is -0.462 e. The quantitative estimate of drug-likeness (QED) is 0.0348. The first-order valence-electron chi connectivity index (χ1n) is 24.8. The molecule has 0 saturated heterocycles. The van der Waals surface area contributed by atoms with E-state index >= 15 is 0 Å². The van der Waals surface area contributed by atoms with Crippen LogP contribution in [0.4, 0.5) is 0 Å². The fraction of sp³-hybridized carbons (Fsp3) is 0.774. The Kier molecular flexibility index (Phi) is 46.9. The molecule has 0 aromatic rings. The zero-order valence-electron chi connectivity index (χ0n) is 38.6. The molecule has 0 amide bonds. The van der Waals surface area contributed by atoms with Crippen LogP contribution < -0.4 is 0 Å². The Morgan fingerprint density at radius 3 is 1.31 bits per heavy atom. The van der Waals surface area contributed by atoms with E-state index in [1.807, 2.05) is 0 Å². The molecule has 0 bridgehead atoms. The van der Waals surface area contributed by atoms with Crippen molar-refractivity contribution in [1.29, 1.82) is 0 Å². The molecule has 0 spiro atoms. The van der Waals surface area contributed by atoms with Crippen molar-refractivity contribution >= 4 is 11.9 Å². The largest absolute Gasteiger partial charge is 0.462 e. The number of esters is 2. The summed E-state index contributed by atoms with van der Waals surface area (Å²) >= 11 is 0. The Labute approximate surface area is 360 Å². The first-order valence-corrected chi connectivity index (χ1v) is 24.8. The summed E-state index contributed by atoms with van der Waals surface area (Å²) in [6, 6.07) is 0. The number of hydrogen-bond acceptors (Lipinski definition) is 5. The normalized spacial score (nSPS) is 12.7. The lowest BCUT2D eigenvalue weighted by Gasteiger charge is -2.18. The van der Waals surface area contributed by atoms with Crippen LogP contribution >= 0.6 is 0 Å². The predicted octanol–water partition coefficient (Wildman–Crippen LogP) is 16.6. The second-order valence-electron chi connectivity index (χ2n) is 16.3. The molecular formula is C53H94O5. The van der Waals surface area contributed by atoms with E-state index in [0.29, 0.717) is 19.4 Å². The minimum absolute atomic E-state index is 0.0716. The average molecular weight is 811 g/mol. The first kappa shape index (κ1) is 55.6. The Bertz CT molecular complexity index is 1010. The van der Waals surface area contributed by atoms with Crippen molar-refractivity contribution in [3.05, 3.63) is 60.8 Å². The van der Waals surface area contributed by atoms with Crippen LogP contribution in [0.3, 0.4) is 0 Å². The summed E-state index contributed by atoms with van der Waals surface area (Å²) in [6.07, 6.45) is 60.8. The highest BCUT2D eigenvalue weighted by atomic mass is 16.6. The molecule has 0 rings (SSSR count). The molecule has 336 valence electrons. The van der Waals surface area contributed by atoms with Crippen molar-refractivity contribution in [1.82, 2.24) is 0 Å². The first-order chi connectivity index (χ1) is 28.6. The number of hydrogen-bond donors (Lipinski definition) is 0. The van der Waals surface area contributed by atoms with E-state index in [2.05, 4.69) is 81.5 Å². The average Bonchev–Trinajstić information content (AvgIpc) is 3.22. The van der Waals surface area contributed by atoms with Crippen molar-refractivity contribution < 1.29 is 23.8 Å². The van der Waals surface area contributed by atoms with Gasteiger partial charge in [0.25, 0.3) is 0 Å². The van der Waals surface area contributed by atoms with Crippen LogP contribution in [0.5, 0.6) is 0 Å². The van der Waals surface area contributed by atoms with Gasteiger partial charge in [0.05, 0.1) is 6.61 Å². The van der Waals surface area contributed by atoms with E-state index in [1.54, 1.807) is 0 Å². The van der Waals surface area contributed by atoms with Gasteiger partial charge in [-0.15, -0.1) is 0 Å². The van der Waals surface area contributed by atoms with Gasteiger partial charge in [0.15, 0.2) is 6.10 Å². The molecule has 5 nitrogen and oxygen atoms in total. The van der Waals surface area contributed by atoms with Gasteiger partial charge in [0.2, 0.25) is 0 Å². The Hall–Kier alpha value is -2.40. The molecule has 0 aromatic carbocycles. The Morgan fingerprint density at radius 2 is 0.810 bits per heavy atom. The summed E-state index contributed by atoms with van der Waals surface area (Å²) in [6.45, 7) is 7.64. The molecule has 1 atom stereocenters. The SMILES string of the molecule is CC/C=C\C/C=C\C/C=C\CCCCCCCC(=O)OCC(COCCCCCCCCCCCCCCCC)OC(=O)CCCCCCC/C=C\C/C=C\CCC. The zero-order valence-corrected chi connectivity index (χ0v) is 38.6. The maximum Gasteiger partial charge on any atom is 0.306 e. The maximum atomic E-state index is 12.8. The summed E-state index contributed by atoms with van der Waals surface area (Å²) in [5.41, 5.74) is 0. The monoisotopic (exact) mass is 811 g/mol. The van der Waals surface area contributed by atoms with E-state index in [1.165, 1.54) is 116 Å². The standard InChI is InChI=1S/C53H94O5/c1-4-7-10-13-16-19-22-25-27-29-31-34-37-40-43-46-52(54)57-50-51(49-56-48-45-42-39-36-33-30-26-23-20-17-14-11-8-5-2)58-53(55)47-44-41-38-35-32-28-24-21-18-15-12-9-6-3/h7,10,12,15-16,19,21,24-25,27,51H,4-6,8-9,11,13-14,17-18,20,22-23,26,28-50H2,1-3H3/b10-7-,15-12-,19-16-,24-21-,27-25-. The summed E-state index contributed by atoms with van der Waals surface area (Å²) in [5.74, 6) is -0.427. The third kappa shape index (κ3) is 46.3. The van der Waals surface area contributed by atoms with E-state index in [9.17, 15) is 9.59 Å². The highest BCUT2D eigenvalue weighted by Crippen LogP contribution is 2.14. The smallest absolute Gasteiger partial charge is 0.306 e. The zero-order chi connectivity index (χ0) is 42.1. The van der Waals surface area contributed by atoms with Gasteiger partial charge >= 0.3 is 11.9 Å². The summed E-state index contributed by atoms with van der Waals surface area (Å²) < 4.78 is 17.4. The highest BCUT2D eigenvalue weighted by Gasteiger charge is 2.17. The highest BCUT2D eigenvalue weighted by molar-refractivity contribution is 5.70. The van der Waals surface area contributed by atoms with Crippen molar-refractivity contribution in [3.63, 3.8) is 0 Å². The maximum absolute atomic E-state index is 12.8. The molecule has 58 heavy (non-hydrogen) atoms. The number of unbranched alkanes of at least 4 members (excludes halogenated alkanes) is 24. The molecule has 0 N–H and O–H groups in total. The van der Waals surface area contributed by atoms with Crippen LogP contribution in [0.25, 0.3) is 0 Å². The lowest BCUT2D eigenvalue weighted by molar-refractivity contribution is -0.163. The number of allylic oxidation sites excluding steroid dienone is 10. The molecule has 0 heterocycles. The fourth-order valence-corrected chi connectivity index (χ4v) is 6.86. The molecule has 0 saturated carbocycles. The molecule has 1 unspecified atom stereocenters. The van der Waals surface area contributed by atoms with Crippen molar-refractivity contribution in [2.75, 3.05) is 19.8 Å². The third-order valence-corrected chi connectivity index (χ3v) is 10.5. The van der Waals surface area contributed by atoms with Crippen LogP contribution in [0.15, 0.2) is 60.8 Å². The Balaban J connectivity index is 4.30. The van der Waals surface area contributed by atoms with Gasteiger partial charge in [-0.2, -0.15) is 0 Å². The summed E-state index contributed by atoms with van der Waals surface area (Å²) in [5, 5.41) is 0. The van der Waals surface area contributed by atoms with E-state index in [4.69, 9.17) is 14.2 Å². The molecule has 0 aliphatic rings. The molecule has 5 heteroatoms. The van der Waals surface area contributed by atoms with Crippen molar-refractivity contribution in [3.8, 4) is 0 Å². The lowest BCUT2D eigenvalue weighted by atomic mass is 10.0. The van der Waals surface area contributed by atoms with Gasteiger partial charge in [-0.3, -0.25) is 9.59 Å². The minimum atomic E-state index is -0.548. The van der Waals surface area contributed by atoms with Crippen LogP contribution in [0, 0.1) is 0 Å². The van der Waals surface area contributed by atoms with E-state index in [0.717, 1.165) is 89.9 Å². The fourth-order valence-electron chi connectivity index (χ4n) is 6.86. The van der Waals surface area contributed by atoms with Gasteiger partial charge < -0.3 is 14.2 Å². The van der Waals surface area contributed by atoms with Crippen molar-refractivity contribution in [2.24, 2.45) is 0 Å². The van der Waals surface area contributed by atoms with Gasteiger partial charge in [0.1, 0.15) is 6.61 Å². The number of carbonyl (C=O) groups is 2. The topological polar surface area (TPSA) is 61.8 Å². The molecule has 0 aromatic heterocycles. The van der Waals surface area contributed by atoms with Crippen LogP contribution in [-0.2, 0) is 23.8 Å². The van der Waals surface area contributed by atoms with Crippen molar-refractivity contribution in [2.45, 2.75) is 245 Å². The van der Waals surface area contributed by atoms with Gasteiger partial charge in [-0.05, 0) is 77.0 Å².